The molecule has 0 unspecified atom stereocenters. The molecule has 7 N–H and O–H groups in total. The number of unbranched alkanes of at least 4 members (excludes halogenated alkanes) is 18. The summed E-state index contributed by atoms with van der Waals surface area (Å²) in [6.07, 6.45) is 12.6. The first-order valence-corrected chi connectivity index (χ1v) is 25.4. The Morgan fingerprint density at radius 3 is 1.80 bits per heavy atom. The van der Waals surface area contributed by atoms with E-state index < -0.39 is 60.6 Å². The van der Waals surface area contributed by atoms with Crippen molar-refractivity contribution in [3.8, 4) is 0 Å². The lowest BCUT2D eigenvalue weighted by molar-refractivity contribution is -0.297. The summed E-state index contributed by atoms with van der Waals surface area (Å²) in [6, 6.07) is 10.7. The number of ether oxygens (including phenoxy) is 2. The van der Waals surface area contributed by atoms with Crippen molar-refractivity contribution in [2.45, 2.75) is 236 Å². The zero-order valence-corrected chi connectivity index (χ0v) is 40.7. The largest absolute Gasteiger partial charge is 0.390 e. The second-order valence-electron chi connectivity index (χ2n) is 19.8. The summed E-state index contributed by atoms with van der Waals surface area (Å²) >= 11 is 0. The molecule has 2 aromatic rings. The quantitative estimate of drug-likeness (QED) is 0.0338. The molecule has 0 saturated carbocycles. The molecule has 1 fully saturated rings. The number of benzene rings is 2. The third-order valence-corrected chi connectivity index (χ3v) is 12.9. The first-order chi connectivity index (χ1) is 31.6. The Kier molecular flexibility index (Phi) is 27.7. The van der Waals surface area contributed by atoms with Gasteiger partial charge in [-0.05, 0) is 59.9 Å². The Labute approximate surface area is 394 Å². The highest BCUT2D eigenvalue weighted by Crippen LogP contribution is 2.25. The van der Waals surface area contributed by atoms with E-state index in [0.29, 0.717) is 25.7 Å². The lowest BCUT2D eigenvalue weighted by atomic mass is 9.86. The highest BCUT2D eigenvalue weighted by molar-refractivity contribution is 5.78. The number of amides is 2. The van der Waals surface area contributed by atoms with E-state index in [-0.39, 0.29) is 43.2 Å². The van der Waals surface area contributed by atoms with E-state index in [4.69, 9.17) is 9.47 Å². The Balaban J connectivity index is 1.47. The number of carbonyl (C=O) groups excluding carboxylic acids is 2. The van der Waals surface area contributed by atoms with E-state index in [9.17, 15) is 43.9 Å². The van der Waals surface area contributed by atoms with Crippen molar-refractivity contribution in [3.05, 3.63) is 70.8 Å². The SMILES string of the molecule is CCCCCCCCCCCCCC[C@@H](O)[C@@H](O)[C@H](CO[C@H]1O[C@H](CNC(=O)Cc2ccc(C(C)(C)C)cc2)[C@H](O)[C@H](O)[C@H]1O)NC(=O)CCCCCCCCCCc1ccc(F)c(F)c1. The van der Waals surface area contributed by atoms with Crippen LogP contribution in [-0.2, 0) is 37.3 Å². The summed E-state index contributed by atoms with van der Waals surface area (Å²) in [5.74, 6) is -2.30. The molecule has 0 aromatic heterocycles. The van der Waals surface area contributed by atoms with Crippen LogP contribution in [-0.4, -0.2) is 99.5 Å². The second-order valence-corrected chi connectivity index (χ2v) is 19.8. The van der Waals surface area contributed by atoms with Crippen molar-refractivity contribution in [1.82, 2.24) is 10.6 Å². The summed E-state index contributed by atoms with van der Waals surface area (Å²) < 4.78 is 38.4. The van der Waals surface area contributed by atoms with Gasteiger partial charge in [0.2, 0.25) is 11.8 Å². The first-order valence-electron chi connectivity index (χ1n) is 25.4. The van der Waals surface area contributed by atoms with Crippen LogP contribution in [0.3, 0.4) is 0 Å². The number of carbonyl (C=O) groups is 2. The van der Waals surface area contributed by atoms with Crippen LogP contribution in [0, 0.1) is 11.6 Å². The molecule has 0 spiro atoms. The second kappa shape index (κ2) is 31.9. The van der Waals surface area contributed by atoms with Crippen LogP contribution in [0.4, 0.5) is 8.78 Å². The van der Waals surface area contributed by atoms with Crippen molar-refractivity contribution >= 4 is 11.8 Å². The van der Waals surface area contributed by atoms with E-state index in [0.717, 1.165) is 87.0 Å². The zero-order valence-electron chi connectivity index (χ0n) is 40.7. The van der Waals surface area contributed by atoms with Gasteiger partial charge in [0.15, 0.2) is 17.9 Å². The molecule has 1 saturated heterocycles. The number of aryl methyl sites for hydroxylation is 1. The number of rotatable bonds is 34. The van der Waals surface area contributed by atoms with Crippen LogP contribution in [0.1, 0.15) is 186 Å². The predicted octanol–water partition coefficient (Wildman–Crippen LogP) is 8.80. The van der Waals surface area contributed by atoms with Crippen molar-refractivity contribution in [1.29, 1.82) is 0 Å². The van der Waals surface area contributed by atoms with Gasteiger partial charge in [0, 0.05) is 13.0 Å². The summed E-state index contributed by atoms with van der Waals surface area (Å²) in [4.78, 5) is 26.1. The summed E-state index contributed by atoms with van der Waals surface area (Å²) in [5.41, 5.74) is 2.71. The molecule has 2 aromatic carbocycles. The molecule has 2 amide bonds. The van der Waals surface area contributed by atoms with Gasteiger partial charge >= 0.3 is 0 Å². The topological polar surface area (TPSA) is 178 Å². The lowest BCUT2D eigenvalue weighted by Crippen LogP contribution is -2.61. The fourth-order valence-corrected chi connectivity index (χ4v) is 8.51. The molecule has 0 radical (unpaired) electrons. The van der Waals surface area contributed by atoms with Crippen LogP contribution >= 0.6 is 0 Å². The predicted molar refractivity (Wildman–Crippen MR) is 256 cm³/mol. The minimum atomic E-state index is -1.67. The molecule has 0 aliphatic carbocycles. The van der Waals surface area contributed by atoms with E-state index in [1.165, 1.54) is 57.4 Å². The number of aliphatic hydroxyl groups excluding tert-OH is 5. The Bertz CT molecular complexity index is 1630. The van der Waals surface area contributed by atoms with Gasteiger partial charge in [-0.25, -0.2) is 8.78 Å². The van der Waals surface area contributed by atoms with Crippen molar-refractivity contribution in [2.75, 3.05) is 13.2 Å². The molecule has 1 heterocycles. The monoisotopic (exact) mass is 933 g/mol. The molecular formula is C53H86F2N2O9. The Morgan fingerprint density at radius 2 is 1.23 bits per heavy atom. The van der Waals surface area contributed by atoms with Gasteiger partial charge < -0.3 is 45.6 Å². The number of halogens is 2. The van der Waals surface area contributed by atoms with E-state index >= 15 is 0 Å². The van der Waals surface area contributed by atoms with Crippen LogP contribution in [0.25, 0.3) is 0 Å². The van der Waals surface area contributed by atoms with E-state index in [1.54, 1.807) is 6.07 Å². The Hall–Kier alpha value is -3.04. The van der Waals surface area contributed by atoms with Gasteiger partial charge in [0.05, 0.1) is 25.2 Å². The standard InChI is InChI=1S/C53H86F2N2O9/c1-5-6-7-8-9-10-11-12-13-17-20-23-26-44(58)48(61)43(57-46(59)27-24-21-18-15-14-16-19-22-25-38-30-33-41(54)42(55)34-38)37-65-52-51(64)50(63)49(62)45(66-52)36-56-47(60)35-39-28-31-40(32-29-39)53(2,3)4/h28-34,43-45,48-52,58,61-64H,5-27,35-37H2,1-4H3,(H,56,60)(H,57,59)/t43-,44+,45+,48-,49-,50-,51+,52-/m0/s1. The normalized spacial score (nSPS) is 20.2. The van der Waals surface area contributed by atoms with Crippen molar-refractivity contribution in [3.63, 3.8) is 0 Å². The van der Waals surface area contributed by atoms with Crippen molar-refractivity contribution < 1.29 is 53.4 Å². The van der Waals surface area contributed by atoms with Crippen LogP contribution < -0.4 is 10.6 Å². The number of nitrogens with one attached hydrogen (secondary N) is 2. The third-order valence-electron chi connectivity index (χ3n) is 12.9. The first kappa shape index (κ1) is 57.3. The molecule has 0 bridgehead atoms. The minimum absolute atomic E-state index is 0.0292. The molecule has 8 atom stereocenters. The summed E-state index contributed by atoms with van der Waals surface area (Å²) in [6.45, 7) is 8.01. The summed E-state index contributed by atoms with van der Waals surface area (Å²) in [7, 11) is 0. The molecule has 13 heteroatoms. The molecule has 1 aliphatic heterocycles. The maximum absolute atomic E-state index is 13.5. The van der Waals surface area contributed by atoms with Gasteiger partial charge in [-0.15, -0.1) is 0 Å². The third kappa shape index (κ3) is 22.4. The molecule has 66 heavy (non-hydrogen) atoms. The number of hydrogen-bond donors (Lipinski definition) is 7. The van der Waals surface area contributed by atoms with E-state index in [1.807, 2.05) is 24.3 Å². The maximum atomic E-state index is 13.5. The highest BCUT2D eigenvalue weighted by atomic mass is 19.2. The molecule has 376 valence electrons. The Morgan fingerprint density at radius 1 is 0.682 bits per heavy atom. The molecule has 3 rings (SSSR count). The zero-order chi connectivity index (χ0) is 48.3. The average molecular weight is 933 g/mol. The summed E-state index contributed by atoms with van der Waals surface area (Å²) in [5, 5.41) is 60.4. The van der Waals surface area contributed by atoms with Gasteiger partial charge in [0.1, 0.15) is 30.5 Å². The highest BCUT2D eigenvalue weighted by Gasteiger charge is 2.45. The fraction of sp³-hybridized carbons (Fsp3) is 0.736. The number of hydrogen-bond acceptors (Lipinski definition) is 9. The van der Waals surface area contributed by atoms with Crippen LogP contribution in [0.5, 0.6) is 0 Å². The van der Waals surface area contributed by atoms with Gasteiger partial charge in [-0.2, -0.15) is 0 Å². The fourth-order valence-electron chi connectivity index (χ4n) is 8.51. The molecular weight excluding hydrogens is 847 g/mol. The average Bonchev–Trinajstić information content (AvgIpc) is 3.28. The van der Waals surface area contributed by atoms with E-state index in [2.05, 4.69) is 38.3 Å². The maximum Gasteiger partial charge on any atom is 0.224 e. The lowest BCUT2D eigenvalue weighted by Gasteiger charge is -2.41. The van der Waals surface area contributed by atoms with Gasteiger partial charge in [-0.3, -0.25) is 9.59 Å². The number of aliphatic hydroxyl groups is 5. The van der Waals surface area contributed by atoms with Crippen molar-refractivity contribution in [2.24, 2.45) is 0 Å². The van der Waals surface area contributed by atoms with Crippen LogP contribution in [0.15, 0.2) is 42.5 Å². The molecule has 1 aliphatic rings. The molecule has 11 nitrogen and oxygen atoms in total. The van der Waals surface area contributed by atoms with Crippen LogP contribution in [0.2, 0.25) is 0 Å². The van der Waals surface area contributed by atoms with Gasteiger partial charge in [-0.1, -0.05) is 174 Å². The smallest absolute Gasteiger partial charge is 0.224 e. The minimum Gasteiger partial charge on any atom is -0.390 e. The van der Waals surface area contributed by atoms with Gasteiger partial charge in [0.25, 0.3) is 0 Å².